The van der Waals surface area contributed by atoms with Gasteiger partial charge in [-0.15, -0.1) is 0 Å². The Balaban J connectivity index is 1.38. The van der Waals surface area contributed by atoms with Crippen LogP contribution in [0.5, 0.6) is 0 Å². The summed E-state index contributed by atoms with van der Waals surface area (Å²) in [6.45, 7) is 16.0. The predicted molar refractivity (Wildman–Crippen MR) is 196 cm³/mol. The molecule has 6 rings (SSSR count). The van der Waals surface area contributed by atoms with Gasteiger partial charge in [-0.2, -0.15) is 0 Å². The first-order valence-corrected chi connectivity index (χ1v) is 20.4. The molecule has 0 aromatic heterocycles. The zero-order chi connectivity index (χ0) is 39.9. The molecule has 0 unspecified atom stereocenters. The Morgan fingerprint density at radius 3 is 2.17 bits per heavy atom. The van der Waals surface area contributed by atoms with Crippen molar-refractivity contribution in [2.24, 2.45) is 45.3 Å². The summed E-state index contributed by atoms with van der Waals surface area (Å²) in [5.74, 6) is -0.513. The lowest BCUT2D eigenvalue weighted by molar-refractivity contribution is -0.377. The van der Waals surface area contributed by atoms with Crippen LogP contribution in [0.4, 0.5) is 0 Å². The number of fused-ring (bicyclic) bond motifs is 5. The number of hydrogen-bond donors (Lipinski definition) is 9. The largest absolute Gasteiger partial charge is 0.394 e. The quantitative estimate of drug-likeness (QED) is 0.121. The minimum absolute atomic E-state index is 0.0443. The van der Waals surface area contributed by atoms with Crippen molar-refractivity contribution in [2.45, 2.75) is 186 Å². The van der Waals surface area contributed by atoms with Gasteiger partial charge in [0.2, 0.25) is 0 Å². The van der Waals surface area contributed by atoms with E-state index in [0.717, 1.165) is 19.3 Å². The van der Waals surface area contributed by atoms with E-state index >= 15 is 0 Å². The first-order valence-electron chi connectivity index (χ1n) is 20.4. The fourth-order valence-electron chi connectivity index (χ4n) is 13.1. The van der Waals surface area contributed by atoms with E-state index in [9.17, 15) is 46.0 Å². The molecular formula is C41H70O13. The summed E-state index contributed by atoms with van der Waals surface area (Å²) < 4.78 is 24.8. The molecule has 4 saturated carbocycles. The fraction of sp³-hybridized carbons (Fsp3) is 0.951. The van der Waals surface area contributed by atoms with E-state index < -0.39 is 107 Å². The normalized spacial score (nSPS) is 52.8. The van der Waals surface area contributed by atoms with Gasteiger partial charge >= 0.3 is 0 Å². The number of aliphatic hydroxyl groups is 9. The summed E-state index contributed by atoms with van der Waals surface area (Å²) in [6.07, 6.45) is -7.90. The highest BCUT2D eigenvalue weighted by atomic mass is 16.8. The van der Waals surface area contributed by atoms with Crippen LogP contribution in [0.15, 0.2) is 11.6 Å². The lowest BCUT2D eigenvalue weighted by Gasteiger charge is -2.72. The summed E-state index contributed by atoms with van der Waals surface area (Å²) >= 11 is 0. The van der Waals surface area contributed by atoms with E-state index in [1.165, 1.54) is 5.57 Å². The maximum absolute atomic E-state index is 12.2. The molecule has 9 N–H and O–H groups in total. The Kier molecular flexibility index (Phi) is 12.0. The van der Waals surface area contributed by atoms with Gasteiger partial charge in [0.1, 0.15) is 42.7 Å². The van der Waals surface area contributed by atoms with E-state index in [0.29, 0.717) is 32.1 Å². The van der Waals surface area contributed by atoms with Gasteiger partial charge in [0.15, 0.2) is 12.6 Å². The minimum atomic E-state index is -1.68. The maximum atomic E-state index is 12.2. The molecule has 0 aromatic carbocycles. The van der Waals surface area contributed by atoms with Crippen LogP contribution < -0.4 is 0 Å². The third-order valence-corrected chi connectivity index (χ3v) is 16.1. The number of ether oxygens (including phenoxy) is 4. The molecule has 0 bridgehead atoms. The average Bonchev–Trinajstić information content (AvgIpc) is 3.48. The fourth-order valence-corrected chi connectivity index (χ4v) is 13.1. The summed E-state index contributed by atoms with van der Waals surface area (Å²) in [6, 6.07) is 0. The maximum Gasteiger partial charge on any atom is 0.187 e. The highest BCUT2D eigenvalue weighted by Gasteiger charge is 2.73. The smallest absolute Gasteiger partial charge is 0.187 e. The van der Waals surface area contributed by atoms with Crippen LogP contribution in [0, 0.1) is 45.3 Å². The van der Waals surface area contributed by atoms with Crippen molar-refractivity contribution in [1.29, 1.82) is 0 Å². The van der Waals surface area contributed by atoms with Gasteiger partial charge in [-0.1, -0.05) is 46.3 Å². The second kappa shape index (κ2) is 15.1. The Morgan fingerprint density at radius 2 is 1.52 bits per heavy atom. The SMILES string of the molecule is CC(C)=CCC[C@](C)(O)[C@H]1CC[C@]2(C)[C@@H]1[C@H](O)C[C@H]1[C@@]3(C)CC[C@H](O)C(C)(C)[C@@H]3[C@@H](O[C@@H]3O[C@H](CO)[C@@H](O)[C@H](O)[C@H]3O[C@@H]3OC[C@@H](O)[C@H](O)[C@H]3O)C[C@]12C. The van der Waals surface area contributed by atoms with Crippen LogP contribution in [-0.2, 0) is 18.9 Å². The Bertz CT molecular complexity index is 1350. The minimum Gasteiger partial charge on any atom is -0.394 e. The van der Waals surface area contributed by atoms with Crippen molar-refractivity contribution >= 4 is 0 Å². The van der Waals surface area contributed by atoms with Gasteiger partial charge in [0, 0.05) is 0 Å². The number of aliphatic hydroxyl groups excluding tert-OH is 8. The molecule has 312 valence electrons. The monoisotopic (exact) mass is 770 g/mol. The summed E-state index contributed by atoms with van der Waals surface area (Å²) in [5.41, 5.74) is -1.69. The van der Waals surface area contributed by atoms with Crippen molar-refractivity contribution in [3.63, 3.8) is 0 Å². The van der Waals surface area contributed by atoms with Crippen LogP contribution in [0.2, 0.25) is 0 Å². The zero-order valence-corrected chi connectivity index (χ0v) is 33.5. The number of allylic oxidation sites excluding steroid dienone is 2. The lowest BCUT2D eigenvalue weighted by Crippen LogP contribution is -2.71. The van der Waals surface area contributed by atoms with Crippen LogP contribution in [0.1, 0.15) is 107 Å². The average molecular weight is 771 g/mol. The standard InChI is InChI=1S/C41H70O13/c1-20(2)10-9-13-41(8,50)21-11-15-39(6)28(21)22(43)16-26-38(5)14-12-27(45)37(3,4)34(38)24(17-40(26,39)7)52-36-33(31(48)30(47)25(18-42)53-36)54-35-32(49)29(46)23(44)19-51-35/h10,21-36,42-50H,9,11-19H2,1-8H3/t21-,22+,23+,24-,25+,26-,27-,28-,29-,30+,31-,32+,33+,34-,35-,36+,38+,39+,40+,41-/m0/s1. The molecular weight excluding hydrogens is 700 g/mol. The highest BCUT2D eigenvalue weighted by molar-refractivity contribution is 5.22. The molecule has 0 amide bonds. The summed E-state index contributed by atoms with van der Waals surface area (Å²) in [7, 11) is 0. The van der Waals surface area contributed by atoms with E-state index in [4.69, 9.17) is 18.9 Å². The molecule has 6 fully saturated rings. The zero-order valence-electron chi connectivity index (χ0n) is 33.5. The van der Waals surface area contributed by atoms with Gasteiger partial charge in [0.05, 0.1) is 37.1 Å². The van der Waals surface area contributed by atoms with Crippen LogP contribution in [-0.4, -0.2) is 138 Å². The number of hydrogen-bond acceptors (Lipinski definition) is 13. The molecule has 13 nitrogen and oxygen atoms in total. The van der Waals surface area contributed by atoms with Gasteiger partial charge in [0.25, 0.3) is 0 Å². The molecule has 2 heterocycles. The van der Waals surface area contributed by atoms with Crippen LogP contribution in [0.25, 0.3) is 0 Å². The van der Waals surface area contributed by atoms with Crippen molar-refractivity contribution in [3.8, 4) is 0 Å². The van der Waals surface area contributed by atoms with E-state index in [1.807, 2.05) is 20.8 Å². The van der Waals surface area contributed by atoms with Gasteiger partial charge in [-0.25, -0.2) is 0 Å². The van der Waals surface area contributed by atoms with E-state index in [-0.39, 0.29) is 30.3 Å². The molecule has 4 aliphatic carbocycles. The molecule has 0 radical (unpaired) electrons. The second-order valence-corrected chi connectivity index (χ2v) is 19.8. The molecule has 0 spiro atoms. The Morgan fingerprint density at radius 1 is 0.833 bits per heavy atom. The summed E-state index contributed by atoms with van der Waals surface area (Å²) in [5, 5.41) is 99.6. The van der Waals surface area contributed by atoms with Crippen LogP contribution in [0.3, 0.4) is 0 Å². The Hall–Kier alpha value is -0.780. The van der Waals surface area contributed by atoms with Gasteiger partial charge in [-0.05, 0) is 117 Å². The predicted octanol–water partition coefficient (Wildman–Crippen LogP) is 1.76. The lowest BCUT2D eigenvalue weighted by atomic mass is 9.34. The molecule has 2 aliphatic heterocycles. The first-order chi connectivity index (χ1) is 25.0. The molecule has 0 aromatic rings. The first kappa shape index (κ1) is 42.8. The van der Waals surface area contributed by atoms with Crippen molar-refractivity contribution in [1.82, 2.24) is 0 Å². The molecule has 54 heavy (non-hydrogen) atoms. The molecule has 13 heteroatoms. The van der Waals surface area contributed by atoms with Crippen molar-refractivity contribution in [2.75, 3.05) is 13.2 Å². The Labute approximate surface area is 320 Å². The summed E-state index contributed by atoms with van der Waals surface area (Å²) in [4.78, 5) is 0. The number of rotatable bonds is 9. The molecule has 2 saturated heterocycles. The molecule has 6 aliphatic rings. The second-order valence-electron chi connectivity index (χ2n) is 19.8. The molecule has 20 atom stereocenters. The third-order valence-electron chi connectivity index (χ3n) is 16.1. The third kappa shape index (κ3) is 6.86. The van der Waals surface area contributed by atoms with Gasteiger partial charge < -0.3 is 64.9 Å². The van der Waals surface area contributed by atoms with Gasteiger partial charge in [-0.3, -0.25) is 0 Å². The highest BCUT2D eigenvalue weighted by Crippen LogP contribution is 2.76. The van der Waals surface area contributed by atoms with Crippen molar-refractivity contribution in [3.05, 3.63) is 11.6 Å². The van der Waals surface area contributed by atoms with Crippen LogP contribution >= 0.6 is 0 Å². The van der Waals surface area contributed by atoms with Crippen molar-refractivity contribution < 1.29 is 64.9 Å². The topological polar surface area (TPSA) is 219 Å². The van der Waals surface area contributed by atoms with E-state index in [1.54, 1.807) is 0 Å². The van der Waals surface area contributed by atoms with E-state index in [2.05, 4.69) is 40.7 Å².